The van der Waals surface area contributed by atoms with E-state index in [1.54, 1.807) is 0 Å². The van der Waals surface area contributed by atoms with Crippen LogP contribution in [0.1, 0.15) is 36.7 Å². The van der Waals surface area contributed by atoms with Crippen LogP contribution in [0.25, 0.3) is 5.57 Å². The molecule has 0 saturated heterocycles. The van der Waals surface area contributed by atoms with Crippen molar-refractivity contribution in [2.24, 2.45) is 0 Å². The lowest BCUT2D eigenvalue weighted by molar-refractivity contribution is 0.293. The first-order chi connectivity index (χ1) is 11.2. The SMILES string of the molecule is CCCc1ncc(CN2CC=C(c3ccc(F)cc3)CC2)cn1. The molecule has 0 aliphatic carbocycles. The summed E-state index contributed by atoms with van der Waals surface area (Å²) in [5, 5.41) is 0. The average Bonchev–Trinajstić information content (AvgIpc) is 2.58. The van der Waals surface area contributed by atoms with Crippen molar-refractivity contribution in [3.63, 3.8) is 0 Å². The Morgan fingerprint density at radius 3 is 2.48 bits per heavy atom. The van der Waals surface area contributed by atoms with Crippen LogP contribution in [0.4, 0.5) is 4.39 Å². The van der Waals surface area contributed by atoms with Gasteiger partial charge in [-0.3, -0.25) is 4.90 Å². The van der Waals surface area contributed by atoms with Gasteiger partial charge in [-0.05, 0) is 36.1 Å². The van der Waals surface area contributed by atoms with Crippen LogP contribution >= 0.6 is 0 Å². The van der Waals surface area contributed by atoms with E-state index in [1.807, 2.05) is 24.5 Å². The Balaban J connectivity index is 1.58. The molecule has 0 radical (unpaired) electrons. The Morgan fingerprint density at radius 2 is 1.87 bits per heavy atom. The maximum Gasteiger partial charge on any atom is 0.128 e. The molecule has 23 heavy (non-hydrogen) atoms. The maximum absolute atomic E-state index is 13.0. The molecule has 2 heterocycles. The summed E-state index contributed by atoms with van der Waals surface area (Å²) >= 11 is 0. The fraction of sp³-hybridized carbons (Fsp3) is 0.368. The molecule has 1 aromatic carbocycles. The summed E-state index contributed by atoms with van der Waals surface area (Å²) in [5.74, 6) is 0.742. The van der Waals surface area contributed by atoms with Gasteiger partial charge in [0.05, 0.1) is 0 Å². The molecule has 2 aromatic rings. The molecule has 0 spiro atoms. The molecule has 4 heteroatoms. The normalized spacial score (nSPS) is 15.5. The summed E-state index contributed by atoms with van der Waals surface area (Å²) in [6.07, 6.45) is 9.12. The molecular formula is C19H22FN3. The summed E-state index contributed by atoms with van der Waals surface area (Å²) in [5.41, 5.74) is 3.58. The first kappa shape index (κ1) is 15.8. The van der Waals surface area contributed by atoms with Crippen LogP contribution in [0.2, 0.25) is 0 Å². The van der Waals surface area contributed by atoms with Gasteiger partial charge in [0.25, 0.3) is 0 Å². The van der Waals surface area contributed by atoms with E-state index in [4.69, 9.17) is 0 Å². The summed E-state index contributed by atoms with van der Waals surface area (Å²) in [4.78, 5) is 11.2. The van der Waals surface area contributed by atoms with Crippen LogP contribution in [-0.4, -0.2) is 28.0 Å². The minimum absolute atomic E-state index is 0.182. The third kappa shape index (κ3) is 4.23. The summed E-state index contributed by atoms with van der Waals surface area (Å²) in [6, 6.07) is 6.77. The molecule has 0 N–H and O–H groups in total. The van der Waals surface area contributed by atoms with Gasteiger partial charge in [0.2, 0.25) is 0 Å². The predicted molar refractivity (Wildman–Crippen MR) is 90.3 cm³/mol. The largest absolute Gasteiger partial charge is 0.295 e. The van der Waals surface area contributed by atoms with Gasteiger partial charge >= 0.3 is 0 Å². The number of hydrogen-bond donors (Lipinski definition) is 0. The van der Waals surface area contributed by atoms with Crippen molar-refractivity contribution in [2.45, 2.75) is 32.7 Å². The van der Waals surface area contributed by atoms with Crippen molar-refractivity contribution >= 4 is 5.57 Å². The van der Waals surface area contributed by atoms with Crippen molar-refractivity contribution < 1.29 is 4.39 Å². The number of aromatic nitrogens is 2. The fourth-order valence-electron chi connectivity index (χ4n) is 2.86. The van der Waals surface area contributed by atoms with Crippen LogP contribution in [0, 0.1) is 5.82 Å². The Bertz CT molecular complexity index is 662. The maximum atomic E-state index is 13.0. The third-order valence-corrected chi connectivity index (χ3v) is 4.15. The second-order valence-electron chi connectivity index (χ2n) is 5.98. The number of halogens is 1. The molecule has 1 aliphatic rings. The lowest BCUT2D eigenvalue weighted by atomic mass is 9.99. The smallest absolute Gasteiger partial charge is 0.128 e. The lowest BCUT2D eigenvalue weighted by Crippen LogP contribution is -2.28. The fourth-order valence-corrected chi connectivity index (χ4v) is 2.86. The van der Waals surface area contributed by atoms with Gasteiger partial charge in [-0.1, -0.05) is 25.1 Å². The summed E-state index contributed by atoms with van der Waals surface area (Å²) in [7, 11) is 0. The van der Waals surface area contributed by atoms with Crippen molar-refractivity contribution in [1.29, 1.82) is 0 Å². The highest BCUT2D eigenvalue weighted by molar-refractivity contribution is 5.66. The monoisotopic (exact) mass is 311 g/mol. The van der Waals surface area contributed by atoms with E-state index >= 15 is 0 Å². The number of rotatable bonds is 5. The number of nitrogens with zero attached hydrogens (tertiary/aromatic N) is 3. The van der Waals surface area contributed by atoms with Crippen molar-refractivity contribution in [3.05, 3.63) is 65.5 Å². The standard InChI is InChI=1S/C19H22FN3/c1-2-3-19-21-12-15(13-22-19)14-23-10-8-17(9-11-23)16-4-6-18(20)7-5-16/h4-8,12-13H,2-3,9-11,14H2,1H3. The Labute approximate surface area is 136 Å². The van der Waals surface area contributed by atoms with E-state index in [0.29, 0.717) is 0 Å². The zero-order valence-electron chi connectivity index (χ0n) is 13.5. The van der Waals surface area contributed by atoms with Crippen molar-refractivity contribution in [2.75, 3.05) is 13.1 Å². The number of hydrogen-bond acceptors (Lipinski definition) is 3. The minimum Gasteiger partial charge on any atom is -0.295 e. The van der Waals surface area contributed by atoms with E-state index in [2.05, 4.69) is 27.9 Å². The van der Waals surface area contributed by atoms with E-state index in [1.165, 1.54) is 17.7 Å². The molecule has 3 nitrogen and oxygen atoms in total. The van der Waals surface area contributed by atoms with Gasteiger partial charge in [-0.15, -0.1) is 0 Å². The van der Waals surface area contributed by atoms with E-state index in [0.717, 1.165) is 55.8 Å². The Morgan fingerprint density at radius 1 is 1.13 bits per heavy atom. The lowest BCUT2D eigenvalue weighted by Gasteiger charge is -2.26. The summed E-state index contributed by atoms with van der Waals surface area (Å²) in [6.45, 7) is 4.92. The van der Waals surface area contributed by atoms with E-state index in [-0.39, 0.29) is 5.82 Å². The topological polar surface area (TPSA) is 29.0 Å². The van der Waals surface area contributed by atoms with Gasteiger partial charge in [-0.2, -0.15) is 0 Å². The van der Waals surface area contributed by atoms with Gasteiger partial charge in [0.15, 0.2) is 0 Å². The highest BCUT2D eigenvalue weighted by Gasteiger charge is 2.13. The molecule has 0 bridgehead atoms. The van der Waals surface area contributed by atoms with Gasteiger partial charge in [0.1, 0.15) is 11.6 Å². The third-order valence-electron chi connectivity index (χ3n) is 4.15. The molecule has 0 fully saturated rings. The van der Waals surface area contributed by atoms with Gasteiger partial charge < -0.3 is 0 Å². The van der Waals surface area contributed by atoms with Crippen LogP contribution < -0.4 is 0 Å². The van der Waals surface area contributed by atoms with Gasteiger partial charge in [-0.25, -0.2) is 14.4 Å². The zero-order valence-corrected chi connectivity index (χ0v) is 13.5. The second-order valence-corrected chi connectivity index (χ2v) is 5.98. The zero-order chi connectivity index (χ0) is 16.1. The Hall–Kier alpha value is -2.07. The van der Waals surface area contributed by atoms with Crippen molar-refractivity contribution in [3.8, 4) is 0 Å². The molecule has 0 saturated carbocycles. The first-order valence-electron chi connectivity index (χ1n) is 8.21. The molecule has 120 valence electrons. The second kappa shape index (κ2) is 7.47. The molecule has 0 amide bonds. The highest BCUT2D eigenvalue weighted by Crippen LogP contribution is 2.23. The van der Waals surface area contributed by atoms with Crippen molar-refractivity contribution in [1.82, 2.24) is 14.9 Å². The minimum atomic E-state index is -0.182. The molecule has 0 atom stereocenters. The van der Waals surface area contributed by atoms with Crippen LogP contribution in [0.5, 0.6) is 0 Å². The van der Waals surface area contributed by atoms with E-state index in [9.17, 15) is 4.39 Å². The Kier molecular flexibility index (Phi) is 5.13. The van der Waals surface area contributed by atoms with Crippen LogP contribution in [0.15, 0.2) is 42.7 Å². The quantitative estimate of drug-likeness (QED) is 0.839. The molecule has 1 aromatic heterocycles. The molecule has 3 rings (SSSR count). The molecule has 0 unspecified atom stereocenters. The van der Waals surface area contributed by atoms with E-state index < -0.39 is 0 Å². The molecular weight excluding hydrogens is 289 g/mol. The highest BCUT2D eigenvalue weighted by atomic mass is 19.1. The predicted octanol–water partition coefficient (Wildman–Crippen LogP) is 3.86. The first-order valence-corrected chi connectivity index (χ1v) is 8.21. The van der Waals surface area contributed by atoms with Gasteiger partial charge in [0, 0.05) is 44.0 Å². The molecule has 1 aliphatic heterocycles. The van der Waals surface area contributed by atoms with Crippen LogP contribution in [-0.2, 0) is 13.0 Å². The number of benzene rings is 1. The summed E-state index contributed by atoms with van der Waals surface area (Å²) < 4.78 is 13.0. The average molecular weight is 311 g/mol. The number of aryl methyl sites for hydroxylation is 1. The van der Waals surface area contributed by atoms with Crippen LogP contribution in [0.3, 0.4) is 0 Å².